The molecule has 1 fully saturated rings. The van der Waals surface area contributed by atoms with E-state index in [0.29, 0.717) is 24.7 Å². The zero-order valence-electron chi connectivity index (χ0n) is 10.7. The average molecular weight is 301 g/mol. The number of hydrogen-bond donors (Lipinski definition) is 1. The van der Waals surface area contributed by atoms with Crippen LogP contribution < -0.4 is 5.32 Å². The van der Waals surface area contributed by atoms with E-state index >= 15 is 0 Å². The molecule has 1 atom stereocenters. The fourth-order valence-electron chi connectivity index (χ4n) is 1.95. The Bertz CT molecular complexity index is 555. The Labute approximate surface area is 119 Å². The summed E-state index contributed by atoms with van der Waals surface area (Å²) >= 11 is 5.78. The lowest BCUT2D eigenvalue weighted by Crippen LogP contribution is -2.50. The van der Waals surface area contributed by atoms with Crippen LogP contribution in [-0.4, -0.2) is 38.4 Å². The van der Waals surface area contributed by atoms with Gasteiger partial charge in [-0.25, -0.2) is 8.42 Å². The number of nitrogens with zero attached hydrogens (tertiary/aromatic N) is 1. The van der Waals surface area contributed by atoms with Crippen LogP contribution in [0.3, 0.4) is 0 Å². The van der Waals surface area contributed by atoms with Crippen molar-refractivity contribution in [3.63, 3.8) is 0 Å². The van der Waals surface area contributed by atoms with E-state index in [0.717, 1.165) is 5.56 Å². The van der Waals surface area contributed by atoms with Crippen molar-refractivity contribution in [2.45, 2.75) is 13.0 Å². The van der Waals surface area contributed by atoms with E-state index in [1.54, 1.807) is 30.3 Å². The number of hydrogen-bond acceptors (Lipinski definition) is 3. The highest BCUT2D eigenvalue weighted by atomic mass is 35.5. The van der Waals surface area contributed by atoms with Gasteiger partial charge in [-0.3, -0.25) is 0 Å². The van der Waals surface area contributed by atoms with Gasteiger partial charge in [-0.1, -0.05) is 23.7 Å². The van der Waals surface area contributed by atoms with Crippen molar-refractivity contribution in [2.24, 2.45) is 0 Å². The van der Waals surface area contributed by atoms with Crippen molar-refractivity contribution >= 4 is 27.7 Å². The molecule has 19 heavy (non-hydrogen) atoms. The molecule has 1 aromatic carbocycles. The number of rotatable bonds is 3. The summed E-state index contributed by atoms with van der Waals surface area (Å²) < 4.78 is 25.8. The van der Waals surface area contributed by atoms with Gasteiger partial charge < -0.3 is 5.32 Å². The second kappa shape index (κ2) is 6.05. The number of halogens is 1. The molecule has 0 radical (unpaired) electrons. The Morgan fingerprint density at radius 1 is 1.37 bits per heavy atom. The van der Waals surface area contributed by atoms with Crippen LogP contribution in [0.4, 0.5) is 0 Å². The first kappa shape index (κ1) is 14.5. The second-order valence-electron chi connectivity index (χ2n) is 4.61. The quantitative estimate of drug-likeness (QED) is 0.928. The molecule has 1 aromatic rings. The fourth-order valence-corrected chi connectivity index (χ4v) is 3.36. The summed E-state index contributed by atoms with van der Waals surface area (Å²) in [5, 5.41) is 5.11. The van der Waals surface area contributed by atoms with Gasteiger partial charge in [0.15, 0.2) is 0 Å². The van der Waals surface area contributed by atoms with Crippen LogP contribution >= 0.6 is 11.6 Å². The Hall–Kier alpha value is -0.880. The summed E-state index contributed by atoms with van der Waals surface area (Å²) in [6.45, 7) is 3.69. The van der Waals surface area contributed by atoms with Crippen LogP contribution in [0.25, 0.3) is 6.08 Å². The lowest BCUT2D eigenvalue weighted by atomic mass is 10.2. The summed E-state index contributed by atoms with van der Waals surface area (Å²) in [4.78, 5) is 0. The SMILES string of the molecule is CC1CN(S(=O)(=O)/C=C/c2ccc(Cl)cc2)CCN1. The topological polar surface area (TPSA) is 49.4 Å². The maximum Gasteiger partial charge on any atom is 0.236 e. The summed E-state index contributed by atoms with van der Waals surface area (Å²) in [5.74, 6) is 0. The van der Waals surface area contributed by atoms with Gasteiger partial charge in [0.2, 0.25) is 10.0 Å². The lowest BCUT2D eigenvalue weighted by molar-refractivity contribution is 0.313. The van der Waals surface area contributed by atoms with E-state index < -0.39 is 10.0 Å². The number of benzene rings is 1. The molecule has 1 heterocycles. The molecule has 1 unspecified atom stereocenters. The van der Waals surface area contributed by atoms with E-state index in [4.69, 9.17) is 11.6 Å². The smallest absolute Gasteiger partial charge is 0.236 e. The monoisotopic (exact) mass is 300 g/mol. The molecule has 1 aliphatic rings. The predicted molar refractivity (Wildman–Crippen MR) is 78.4 cm³/mol. The summed E-state index contributed by atoms with van der Waals surface area (Å²) in [5.41, 5.74) is 0.816. The third-order valence-electron chi connectivity index (χ3n) is 2.99. The van der Waals surface area contributed by atoms with Gasteiger partial charge in [-0.15, -0.1) is 0 Å². The molecule has 2 rings (SSSR count). The van der Waals surface area contributed by atoms with Crippen molar-refractivity contribution < 1.29 is 8.42 Å². The van der Waals surface area contributed by atoms with E-state index in [1.807, 2.05) is 6.92 Å². The minimum absolute atomic E-state index is 0.187. The van der Waals surface area contributed by atoms with Crippen molar-refractivity contribution in [1.82, 2.24) is 9.62 Å². The van der Waals surface area contributed by atoms with Crippen LogP contribution in [0.1, 0.15) is 12.5 Å². The van der Waals surface area contributed by atoms with E-state index in [-0.39, 0.29) is 6.04 Å². The third-order valence-corrected chi connectivity index (χ3v) is 4.78. The standard InChI is InChI=1S/C13H17ClN2O2S/c1-11-10-16(8-7-15-11)19(17,18)9-6-12-2-4-13(14)5-3-12/h2-6,9,11,15H,7-8,10H2,1H3/b9-6+. The van der Waals surface area contributed by atoms with Crippen LogP contribution in [-0.2, 0) is 10.0 Å². The molecule has 1 aliphatic heterocycles. The minimum Gasteiger partial charge on any atom is -0.312 e. The first-order valence-corrected chi connectivity index (χ1v) is 8.03. The highest BCUT2D eigenvalue weighted by Crippen LogP contribution is 2.13. The van der Waals surface area contributed by atoms with Gasteiger partial charge in [0.25, 0.3) is 0 Å². The molecule has 0 aliphatic carbocycles. The molecule has 1 saturated heterocycles. The maximum absolute atomic E-state index is 12.2. The zero-order valence-corrected chi connectivity index (χ0v) is 12.3. The molecule has 1 N–H and O–H groups in total. The average Bonchev–Trinajstić information content (AvgIpc) is 2.38. The van der Waals surface area contributed by atoms with Crippen LogP contribution in [0.15, 0.2) is 29.7 Å². The van der Waals surface area contributed by atoms with Gasteiger partial charge in [0, 0.05) is 36.1 Å². The molecule has 0 saturated carbocycles. The van der Waals surface area contributed by atoms with E-state index in [9.17, 15) is 8.42 Å². The third kappa shape index (κ3) is 4.04. The number of nitrogens with one attached hydrogen (secondary N) is 1. The highest BCUT2D eigenvalue weighted by Gasteiger charge is 2.24. The Kier molecular flexibility index (Phi) is 4.62. The van der Waals surface area contributed by atoms with Crippen molar-refractivity contribution in [3.05, 3.63) is 40.3 Å². The van der Waals surface area contributed by atoms with E-state index in [1.165, 1.54) is 9.71 Å². The van der Waals surface area contributed by atoms with Gasteiger partial charge >= 0.3 is 0 Å². The van der Waals surface area contributed by atoms with Gasteiger partial charge in [0.1, 0.15) is 0 Å². The lowest BCUT2D eigenvalue weighted by Gasteiger charge is -2.29. The molecular formula is C13H17ClN2O2S. The zero-order chi connectivity index (χ0) is 13.9. The fraction of sp³-hybridized carbons (Fsp3) is 0.385. The van der Waals surface area contributed by atoms with Crippen molar-refractivity contribution in [1.29, 1.82) is 0 Å². The predicted octanol–water partition coefficient (Wildman–Crippen LogP) is 1.93. The van der Waals surface area contributed by atoms with Crippen molar-refractivity contribution in [2.75, 3.05) is 19.6 Å². The number of piperazine rings is 1. The Morgan fingerprint density at radius 3 is 2.68 bits per heavy atom. The van der Waals surface area contributed by atoms with Crippen molar-refractivity contribution in [3.8, 4) is 0 Å². The van der Waals surface area contributed by atoms with Crippen LogP contribution in [0.5, 0.6) is 0 Å². The largest absolute Gasteiger partial charge is 0.312 e. The summed E-state index contributed by atoms with van der Waals surface area (Å²) in [6.07, 6.45) is 1.60. The molecule has 4 nitrogen and oxygen atoms in total. The highest BCUT2D eigenvalue weighted by molar-refractivity contribution is 7.92. The van der Waals surface area contributed by atoms with Gasteiger partial charge in [-0.05, 0) is 30.7 Å². The minimum atomic E-state index is -3.34. The molecule has 0 bridgehead atoms. The summed E-state index contributed by atoms with van der Waals surface area (Å²) in [7, 11) is -3.34. The molecule has 0 amide bonds. The molecular weight excluding hydrogens is 284 g/mol. The van der Waals surface area contributed by atoms with Gasteiger partial charge in [-0.2, -0.15) is 4.31 Å². The van der Waals surface area contributed by atoms with Crippen LogP contribution in [0.2, 0.25) is 5.02 Å². The summed E-state index contributed by atoms with van der Waals surface area (Å²) in [6, 6.07) is 7.23. The molecule has 104 valence electrons. The molecule has 0 aromatic heterocycles. The molecule has 0 spiro atoms. The Morgan fingerprint density at radius 2 is 2.05 bits per heavy atom. The van der Waals surface area contributed by atoms with E-state index in [2.05, 4.69) is 5.32 Å². The first-order chi connectivity index (χ1) is 8.97. The second-order valence-corrected chi connectivity index (χ2v) is 6.87. The molecule has 6 heteroatoms. The number of sulfonamides is 1. The first-order valence-electron chi connectivity index (χ1n) is 6.14. The maximum atomic E-state index is 12.2. The van der Waals surface area contributed by atoms with Crippen LogP contribution in [0, 0.1) is 0 Å². The Balaban J connectivity index is 2.10. The normalized spacial score (nSPS) is 21.9. The van der Waals surface area contributed by atoms with Gasteiger partial charge in [0.05, 0.1) is 0 Å².